The standard InChI is InChI=1S/C23H27F2N3O3S/c24-20-6-2-18(3-7-20)23(19-4-8-21(25)9-5-19)27-15-13-26(14-16-27)22(29)10-12-28-11-1-17-32(28,30)31/h2-9,23H,1,10-17H2. The Balaban J connectivity index is 1.41. The molecule has 0 radical (unpaired) electrons. The Morgan fingerprint density at radius 2 is 1.38 bits per heavy atom. The van der Waals surface area contributed by atoms with Gasteiger partial charge in [0.1, 0.15) is 11.6 Å². The van der Waals surface area contributed by atoms with Gasteiger partial charge in [0.2, 0.25) is 15.9 Å². The van der Waals surface area contributed by atoms with Crippen LogP contribution in [0.15, 0.2) is 48.5 Å². The average Bonchev–Trinajstić information content (AvgIpc) is 3.13. The van der Waals surface area contributed by atoms with Crippen molar-refractivity contribution < 1.29 is 22.0 Å². The third-order valence-electron chi connectivity index (χ3n) is 6.18. The van der Waals surface area contributed by atoms with Crippen molar-refractivity contribution in [2.24, 2.45) is 0 Å². The second kappa shape index (κ2) is 9.64. The second-order valence-electron chi connectivity index (χ2n) is 8.24. The maximum Gasteiger partial charge on any atom is 0.223 e. The molecule has 6 nitrogen and oxygen atoms in total. The number of rotatable bonds is 6. The van der Waals surface area contributed by atoms with Gasteiger partial charge in [-0.1, -0.05) is 24.3 Å². The Hall–Kier alpha value is -2.36. The molecule has 2 aromatic carbocycles. The summed E-state index contributed by atoms with van der Waals surface area (Å²) < 4.78 is 52.2. The van der Waals surface area contributed by atoms with E-state index in [1.54, 1.807) is 29.2 Å². The van der Waals surface area contributed by atoms with Crippen LogP contribution in [0, 0.1) is 11.6 Å². The lowest BCUT2D eigenvalue weighted by Gasteiger charge is -2.40. The molecule has 0 saturated carbocycles. The van der Waals surface area contributed by atoms with Gasteiger partial charge in [0.05, 0.1) is 11.8 Å². The van der Waals surface area contributed by atoms with Gasteiger partial charge >= 0.3 is 0 Å². The van der Waals surface area contributed by atoms with Crippen molar-refractivity contribution in [2.75, 3.05) is 45.0 Å². The molecule has 2 aromatic rings. The van der Waals surface area contributed by atoms with Crippen LogP contribution >= 0.6 is 0 Å². The summed E-state index contributed by atoms with van der Waals surface area (Å²) >= 11 is 0. The zero-order valence-electron chi connectivity index (χ0n) is 17.8. The molecular formula is C23H27F2N3O3S. The van der Waals surface area contributed by atoms with E-state index in [-0.39, 0.29) is 42.3 Å². The number of benzene rings is 2. The lowest BCUT2D eigenvalue weighted by molar-refractivity contribution is -0.133. The SMILES string of the molecule is O=C(CCN1CCCS1(=O)=O)N1CCN(C(c2ccc(F)cc2)c2ccc(F)cc2)CC1. The van der Waals surface area contributed by atoms with Crippen molar-refractivity contribution >= 4 is 15.9 Å². The lowest BCUT2D eigenvalue weighted by atomic mass is 9.96. The number of carbonyl (C=O) groups excluding carboxylic acids is 1. The third-order valence-corrected chi connectivity index (χ3v) is 8.14. The van der Waals surface area contributed by atoms with Crippen LogP contribution in [0.1, 0.15) is 30.0 Å². The van der Waals surface area contributed by atoms with Gasteiger partial charge in [0.15, 0.2) is 0 Å². The van der Waals surface area contributed by atoms with Crippen LogP contribution in [0.3, 0.4) is 0 Å². The fourth-order valence-electron chi connectivity index (χ4n) is 4.45. The number of hydrogen-bond acceptors (Lipinski definition) is 4. The second-order valence-corrected chi connectivity index (χ2v) is 10.3. The normalized spacial score (nSPS) is 19.5. The molecule has 0 aromatic heterocycles. The Morgan fingerprint density at radius 1 is 0.844 bits per heavy atom. The van der Waals surface area contributed by atoms with Crippen molar-refractivity contribution in [1.82, 2.24) is 14.1 Å². The van der Waals surface area contributed by atoms with Gasteiger partial charge in [0.25, 0.3) is 0 Å². The third kappa shape index (κ3) is 5.16. The minimum atomic E-state index is -3.20. The van der Waals surface area contributed by atoms with Gasteiger partial charge < -0.3 is 4.90 Å². The summed E-state index contributed by atoms with van der Waals surface area (Å²) in [6, 6.07) is 12.4. The minimum absolute atomic E-state index is 0.0492. The number of hydrogen-bond donors (Lipinski definition) is 0. The predicted molar refractivity (Wildman–Crippen MR) is 117 cm³/mol. The zero-order chi connectivity index (χ0) is 22.7. The molecule has 32 heavy (non-hydrogen) atoms. The predicted octanol–water partition coefficient (Wildman–Crippen LogP) is 2.62. The first-order valence-corrected chi connectivity index (χ1v) is 12.4. The molecule has 172 valence electrons. The highest BCUT2D eigenvalue weighted by atomic mass is 32.2. The first kappa shape index (κ1) is 22.8. The highest BCUT2D eigenvalue weighted by Gasteiger charge is 2.31. The fourth-order valence-corrected chi connectivity index (χ4v) is 5.98. The molecule has 0 spiro atoms. The van der Waals surface area contributed by atoms with Crippen molar-refractivity contribution in [2.45, 2.75) is 18.9 Å². The summed E-state index contributed by atoms with van der Waals surface area (Å²) in [5.41, 5.74) is 1.80. The van der Waals surface area contributed by atoms with Gasteiger partial charge in [-0.2, -0.15) is 0 Å². The average molecular weight is 464 g/mol. The Bertz CT molecular complexity index is 992. The molecule has 0 unspecified atom stereocenters. The van der Waals surface area contributed by atoms with Crippen molar-refractivity contribution in [3.63, 3.8) is 0 Å². The molecular weight excluding hydrogens is 436 g/mol. The summed E-state index contributed by atoms with van der Waals surface area (Å²) in [4.78, 5) is 16.6. The number of carbonyl (C=O) groups is 1. The lowest BCUT2D eigenvalue weighted by Crippen LogP contribution is -2.50. The number of amides is 1. The van der Waals surface area contributed by atoms with E-state index in [0.29, 0.717) is 39.1 Å². The summed E-state index contributed by atoms with van der Waals surface area (Å²) in [5.74, 6) is -0.524. The van der Waals surface area contributed by atoms with Gasteiger partial charge in [-0.15, -0.1) is 0 Å². The van der Waals surface area contributed by atoms with E-state index in [4.69, 9.17) is 0 Å². The number of halogens is 2. The molecule has 2 fully saturated rings. The topological polar surface area (TPSA) is 60.9 Å². The quantitative estimate of drug-likeness (QED) is 0.661. The van der Waals surface area contributed by atoms with Crippen molar-refractivity contribution in [1.29, 1.82) is 0 Å². The highest BCUT2D eigenvalue weighted by molar-refractivity contribution is 7.89. The summed E-state index contributed by atoms with van der Waals surface area (Å²) in [6.07, 6.45) is 0.794. The van der Waals surface area contributed by atoms with E-state index < -0.39 is 10.0 Å². The maximum atomic E-state index is 13.5. The number of sulfonamides is 1. The van der Waals surface area contributed by atoms with Gasteiger partial charge in [-0.3, -0.25) is 9.69 Å². The molecule has 0 atom stereocenters. The number of piperazine rings is 1. The van der Waals surface area contributed by atoms with Crippen molar-refractivity contribution in [3.05, 3.63) is 71.3 Å². The van der Waals surface area contributed by atoms with Crippen LogP contribution in [0.2, 0.25) is 0 Å². The largest absolute Gasteiger partial charge is 0.340 e. The van der Waals surface area contributed by atoms with Crippen LogP contribution in [0.25, 0.3) is 0 Å². The molecule has 0 N–H and O–H groups in total. The van der Waals surface area contributed by atoms with Crippen LogP contribution in [0.5, 0.6) is 0 Å². The van der Waals surface area contributed by atoms with E-state index in [2.05, 4.69) is 4.90 Å². The molecule has 2 aliphatic rings. The molecule has 9 heteroatoms. The van der Waals surface area contributed by atoms with Crippen LogP contribution < -0.4 is 0 Å². The highest BCUT2D eigenvalue weighted by Crippen LogP contribution is 2.30. The van der Waals surface area contributed by atoms with Gasteiger partial charge in [0, 0.05) is 45.7 Å². The van der Waals surface area contributed by atoms with Gasteiger partial charge in [-0.25, -0.2) is 21.5 Å². The van der Waals surface area contributed by atoms with Gasteiger partial charge in [-0.05, 0) is 41.8 Å². The van der Waals surface area contributed by atoms with Crippen molar-refractivity contribution in [3.8, 4) is 0 Å². The Morgan fingerprint density at radius 3 is 1.84 bits per heavy atom. The summed E-state index contributed by atoms with van der Waals surface area (Å²) in [7, 11) is -3.20. The molecule has 2 aliphatic heterocycles. The fraction of sp³-hybridized carbons (Fsp3) is 0.435. The summed E-state index contributed by atoms with van der Waals surface area (Å²) in [5, 5.41) is 0. The van der Waals surface area contributed by atoms with Crippen LogP contribution in [-0.4, -0.2) is 73.5 Å². The van der Waals surface area contributed by atoms with E-state index in [1.165, 1.54) is 28.6 Å². The van der Waals surface area contributed by atoms with E-state index in [9.17, 15) is 22.0 Å². The molecule has 0 bridgehead atoms. The first-order chi connectivity index (χ1) is 15.3. The van der Waals surface area contributed by atoms with Crippen LogP contribution in [0.4, 0.5) is 8.78 Å². The Kier molecular flexibility index (Phi) is 6.88. The minimum Gasteiger partial charge on any atom is -0.340 e. The molecule has 1 amide bonds. The maximum absolute atomic E-state index is 13.5. The first-order valence-electron chi connectivity index (χ1n) is 10.8. The molecule has 2 saturated heterocycles. The van der Waals surface area contributed by atoms with E-state index in [1.807, 2.05) is 0 Å². The van der Waals surface area contributed by atoms with E-state index >= 15 is 0 Å². The molecule has 0 aliphatic carbocycles. The molecule has 2 heterocycles. The monoisotopic (exact) mass is 463 g/mol. The summed E-state index contributed by atoms with van der Waals surface area (Å²) in [6.45, 7) is 2.96. The van der Waals surface area contributed by atoms with Crippen LogP contribution in [-0.2, 0) is 14.8 Å². The zero-order valence-corrected chi connectivity index (χ0v) is 18.6. The number of nitrogens with zero attached hydrogens (tertiary/aromatic N) is 3. The Labute approximate surface area is 187 Å². The van der Waals surface area contributed by atoms with E-state index in [0.717, 1.165) is 11.1 Å². The molecule has 4 rings (SSSR count). The smallest absolute Gasteiger partial charge is 0.223 e.